The van der Waals surface area contributed by atoms with Crippen LogP contribution in [0.5, 0.6) is 0 Å². The summed E-state index contributed by atoms with van der Waals surface area (Å²) >= 11 is 1.70. The van der Waals surface area contributed by atoms with Crippen molar-refractivity contribution in [3.05, 3.63) is 52.0 Å². The predicted molar refractivity (Wildman–Crippen MR) is 68.8 cm³/mol. The Morgan fingerprint density at radius 3 is 2.62 bits per heavy atom. The highest BCUT2D eigenvalue weighted by Gasteiger charge is 2.14. The Morgan fingerprint density at radius 2 is 2.06 bits per heavy atom. The van der Waals surface area contributed by atoms with E-state index in [0.29, 0.717) is 0 Å². The smallest absolute Gasteiger partial charge is 0.114 e. The van der Waals surface area contributed by atoms with Gasteiger partial charge in [-0.15, -0.1) is 11.3 Å². The maximum atomic E-state index is 4.39. The Balaban J connectivity index is 2.29. The third-order valence-electron chi connectivity index (χ3n) is 2.52. The number of nitrogens with zero attached hydrogens (tertiary/aromatic N) is 1. The summed E-state index contributed by atoms with van der Waals surface area (Å²) in [7, 11) is 0. The summed E-state index contributed by atoms with van der Waals surface area (Å²) in [4.78, 5) is 4.39. The van der Waals surface area contributed by atoms with Crippen molar-refractivity contribution in [2.24, 2.45) is 0 Å². The van der Waals surface area contributed by atoms with Gasteiger partial charge in [0.25, 0.3) is 0 Å². The second-order valence-electron chi connectivity index (χ2n) is 3.77. The molecule has 1 atom stereocenters. The molecule has 2 aromatic rings. The van der Waals surface area contributed by atoms with E-state index >= 15 is 0 Å². The van der Waals surface area contributed by atoms with Crippen LogP contribution in [0.25, 0.3) is 0 Å². The molecule has 0 radical (unpaired) electrons. The van der Waals surface area contributed by atoms with Crippen molar-refractivity contribution in [3.8, 4) is 0 Å². The Labute approximate surface area is 100 Å². The van der Waals surface area contributed by atoms with Crippen molar-refractivity contribution in [3.63, 3.8) is 0 Å². The molecule has 0 amide bonds. The van der Waals surface area contributed by atoms with Crippen molar-refractivity contribution < 1.29 is 0 Å². The van der Waals surface area contributed by atoms with Crippen LogP contribution in [0, 0.1) is 6.92 Å². The van der Waals surface area contributed by atoms with Crippen molar-refractivity contribution in [2.45, 2.75) is 19.9 Å². The van der Waals surface area contributed by atoms with E-state index in [9.17, 15) is 0 Å². The molecular formula is C13H16N2S. The average molecular weight is 232 g/mol. The van der Waals surface area contributed by atoms with Crippen molar-refractivity contribution in [1.29, 1.82) is 0 Å². The first-order chi connectivity index (χ1) is 7.81. The Morgan fingerprint density at radius 1 is 1.31 bits per heavy atom. The second kappa shape index (κ2) is 5.23. The number of nitrogens with one attached hydrogen (secondary N) is 1. The number of rotatable bonds is 4. The zero-order valence-electron chi connectivity index (χ0n) is 9.60. The molecular weight excluding hydrogens is 216 g/mol. The van der Waals surface area contributed by atoms with Crippen molar-refractivity contribution in [2.75, 3.05) is 6.54 Å². The number of hydrogen-bond donors (Lipinski definition) is 1. The lowest BCUT2D eigenvalue weighted by molar-refractivity contribution is 0.627. The van der Waals surface area contributed by atoms with Gasteiger partial charge < -0.3 is 5.32 Å². The van der Waals surface area contributed by atoms with Gasteiger partial charge >= 0.3 is 0 Å². The first kappa shape index (κ1) is 11.3. The van der Waals surface area contributed by atoms with Gasteiger partial charge in [0, 0.05) is 11.6 Å². The molecule has 0 aliphatic heterocycles. The number of benzene rings is 1. The standard InChI is InChI=1S/C13H16N2S/c1-3-14-12(13-15-8-9-16-13)11-6-4-10(2)5-7-11/h4-9,12,14H,3H2,1-2H3. The van der Waals surface area contributed by atoms with E-state index in [1.165, 1.54) is 11.1 Å². The molecule has 84 valence electrons. The maximum Gasteiger partial charge on any atom is 0.114 e. The van der Waals surface area contributed by atoms with E-state index in [0.717, 1.165) is 11.6 Å². The predicted octanol–water partition coefficient (Wildman–Crippen LogP) is 3.15. The van der Waals surface area contributed by atoms with Gasteiger partial charge in [-0.2, -0.15) is 0 Å². The van der Waals surface area contributed by atoms with Crippen LogP contribution in [0.15, 0.2) is 35.8 Å². The van der Waals surface area contributed by atoms with Gasteiger partial charge in [-0.3, -0.25) is 0 Å². The third-order valence-corrected chi connectivity index (χ3v) is 3.36. The molecule has 0 aliphatic carbocycles. The molecule has 0 spiro atoms. The lowest BCUT2D eigenvalue weighted by Gasteiger charge is -2.15. The van der Waals surface area contributed by atoms with Gasteiger partial charge in [-0.25, -0.2) is 4.98 Å². The molecule has 0 fully saturated rings. The molecule has 0 saturated carbocycles. The summed E-state index contributed by atoms with van der Waals surface area (Å²) in [6.07, 6.45) is 1.86. The second-order valence-corrected chi connectivity index (χ2v) is 4.70. The first-order valence-corrected chi connectivity index (χ1v) is 6.38. The van der Waals surface area contributed by atoms with Gasteiger partial charge in [0.1, 0.15) is 5.01 Å². The van der Waals surface area contributed by atoms with Crippen LogP contribution in [-0.4, -0.2) is 11.5 Å². The van der Waals surface area contributed by atoms with Crippen LogP contribution in [-0.2, 0) is 0 Å². The summed E-state index contributed by atoms with van der Waals surface area (Å²) in [5.41, 5.74) is 2.57. The minimum absolute atomic E-state index is 0.227. The Bertz CT molecular complexity index is 420. The van der Waals surface area contributed by atoms with Crippen LogP contribution in [0.4, 0.5) is 0 Å². The molecule has 0 saturated heterocycles. The fourth-order valence-electron chi connectivity index (χ4n) is 1.69. The third kappa shape index (κ3) is 2.49. The molecule has 1 heterocycles. The van der Waals surface area contributed by atoms with E-state index in [4.69, 9.17) is 0 Å². The largest absolute Gasteiger partial charge is 0.305 e. The zero-order chi connectivity index (χ0) is 11.4. The summed E-state index contributed by atoms with van der Waals surface area (Å²) in [5.74, 6) is 0. The van der Waals surface area contributed by atoms with E-state index in [2.05, 4.69) is 48.4 Å². The van der Waals surface area contributed by atoms with E-state index in [1.807, 2.05) is 11.6 Å². The number of hydrogen-bond acceptors (Lipinski definition) is 3. The summed E-state index contributed by atoms with van der Waals surface area (Å²) in [6, 6.07) is 8.86. The lowest BCUT2D eigenvalue weighted by atomic mass is 10.1. The van der Waals surface area contributed by atoms with Gasteiger partial charge in [-0.1, -0.05) is 36.8 Å². The quantitative estimate of drug-likeness (QED) is 0.876. The van der Waals surface area contributed by atoms with Gasteiger partial charge in [0.15, 0.2) is 0 Å². The van der Waals surface area contributed by atoms with Gasteiger partial charge in [0.05, 0.1) is 6.04 Å². The normalized spacial score (nSPS) is 12.6. The monoisotopic (exact) mass is 232 g/mol. The Kier molecular flexibility index (Phi) is 3.70. The average Bonchev–Trinajstić information content (AvgIpc) is 2.81. The van der Waals surface area contributed by atoms with Crippen molar-refractivity contribution >= 4 is 11.3 Å². The van der Waals surface area contributed by atoms with Crippen LogP contribution in [0.1, 0.15) is 29.1 Å². The number of thiazole rings is 1. The fourth-order valence-corrected chi connectivity index (χ4v) is 2.43. The highest BCUT2D eigenvalue weighted by atomic mass is 32.1. The fraction of sp³-hybridized carbons (Fsp3) is 0.308. The van der Waals surface area contributed by atoms with Crippen molar-refractivity contribution in [1.82, 2.24) is 10.3 Å². The molecule has 1 unspecified atom stereocenters. The van der Waals surface area contributed by atoms with E-state index in [1.54, 1.807) is 11.3 Å². The molecule has 2 rings (SSSR count). The van der Waals surface area contributed by atoms with E-state index in [-0.39, 0.29) is 6.04 Å². The summed E-state index contributed by atoms with van der Waals surface area (Å²) in [5, 5.41) is 6.62. The van der Waals surface area contributed by atoms with Crippen LogP contribution in [0.3, 0.4) is 0 Å². The highest BCUT2D eigenvalue weighted by molar-refractivity contribution is 7.09. The van der Waals surface area contributed by atoms with Crippen LogP contribution >= 0.6 is 11.3 Å². The minimum atomic E-state index is 0.227. The number of aromatic nitrogens is 1. The summed E-state index contributed by atoms with van der Waals surface area (Å²) in [6.45, 7) is 5.17. The topological polar surface area (TPSA) is 24.9 Å². The van der Waals surface area contributed by atoms with E-state index < -0.39 is 0 Å². The number of aryl methyl sites for hydroxylation is 1. The van der Waals surface area contributed by atoms with Crippen LogP contribution in [0.2, 0.25) is 0 Å². The van der Waals surface area contributed by atoms with Crippen LogP contribution < -0.4 is 5.32 Å². The molecule has 2 nitrogen and oxygen atoms in total. The molecule has 0 bridgehead atoms. The highest BCUT2D eigenvalue weighted by Crippen LogP contribution is 2.23. The molecule has 1 N–H and O–H groups in total. The molecule has 1 aromatic heterocycles. The molecule has 3 heteroatoms. The van der Waals surface area contributed by atoms with Gasteiger partial charge in [-0.05, 0) is 19.0 Å². The Hall–Kier alpha value is -1.19. The van der Waals surface area contributed by atoms with Gasteiger partial charge in [0.2, 0.25) is 0 Å². The zero-order valence-corrected chi connectivity index (χ0v) is 10.4. The minimum Gasteiger partial charge on any atom is -0.305 e. The molecule has 1 aromatic carbocycles. The maximum absolute atomic E-state index is 4.39. The SMILES string of the molecule is CCNC(c1ccc(C)cc1)c1nccs1. The molecule has 0 aliphatic rings. The lowest BCUT2D eigenvalue weighted by Crippen LogP contribution is -2.21. The first-order valence-electron chi connectivity index (χ1n) is 5.50. The summed E-state index contributed by atoms with van der Waals surface area (Å²) < 4.78 is 0. The molecule has 16 heavy (non-hydrogen) atoms.